The largest absolute Gasteiger partial charge is 0.377 e. The molecule has 1 unspecified atom stereocenters. The van der Waals surface area contributed by atoms with Crippen molar-refractivity contribution in [1.29, 1.82) is 0 Å². The van der Waals surface area contributed by atoms with Crippen LogP contribution in [0.5, 0.6) is 0 Å². The maximum atomic E-state index is 15.6. The monoisotopic (exact) mass is 660 g/mol. The van der Waals surface area contributed by atoms with Crippen molar-refractivity contribution in [1.82, 2.24) is 25.6 Å². The molecule has 13 heteroatoms. The number of benzene rings is 1. The van der Waals surface area contributed by atoms with Gasteiger partial charge in [0, 0.05) is 26.0 Å². The van der Waals surface area contributed by atoms with Gasteiger partial charge in [0.1, 0.15) is 5.82 Å². The number of aromatic nitrogens is 3. The molecular formula is C30H31Cl2FN6O2S2. The minimum Gasteiger partial charge on any atom is -0.377 e. The molecule has 1 amide bonds. The number of nitrogens with zero attached hydrogens (tertiary/aromatic N) is 3. The third-order valence-electron chi connectivity index (χ3n) is 7.42. The Hall–Kier alpha value is -2.80. The number of nitrogens with one attached hydrogen (secondary N) is 3. The summed E-state index contributed by atoms with van der Waals surface area (Å²) in [7, 11) is 1.66. The molecule has 4 heterocycles. The van der Waals surface area contributed by atoms with Crippen molar-refractivity contribution >= 4 is 63.2 Å². The van der Waals surface area contributed by atoms with Crippen LogP contribution in [0.1, 0.15) is 47.0 Å². The Morgan fingerprint density at radius 1 is 1.14 bits per heavy atom. The van der Waals surface area contributed by atoms with Crippen LogP contribution in [0.4, 0.5) is 15.3 Å². The van der Waals surface area contributed by atoms with Gasteiger partial charge in [-0.15, -0.1) is 0 Å². The van der Waals surface area contributed by atoms with Crippen molar-refractivity contribution in [3.63, 3.8) is 0 Å². The maximum Gasteiger partial charge on any atom is 0.272 e. The first-order valence-corrected chi connectivity index (χ1v) is 16.1. The SMILES string of the molecule is COC(CC1(CNC(=O)c2nccc(Sc3cnc(Nc4cc(C)ccn4)s3)c2F)CCNCC1)c1ccc(Cl)c(Cl)c1. The van der Waals surface area contributed by atoms with Gasteiger partial charge in [-0.05, 0) is 86.1 Å². The van der Waals surface area contributed by atoms with Gasteiger partial charge in [-0.3, -0.25) is 4.79 Å². The number of carbonyl (C=O) groups is 1. The molecule has 43 heavy (non-hydrogen) atoms. The van der Waals surface area contributed by atoms with E-state index in [-0.39, 0.29) is 17.2 Å². The summed E-state index contributed by atoms with van der Waals surface area (Å²) in [6.45, 7) is 3.94. The van der Waals surface area contributed by atoms with Crippen LogP contribution in [0.3, 0.4) is 0 Å². The Labute approximate surface area is 268 Å². The highest BCUT2D eigenvalue weighted by atomic mass is 35.5. The molecule has 1 aliphatic heterocycles. The number of pyridine rings is 2. The number of anilines is 2. The molecule has 4 aromatic rings. The number of carbonyl (C=O) groups excluding carboxylic acids is 1. The molecule has 0 spiro atoms. The van der Waals surface area contributed by atoms with Crippen LogP contribution in [-0.4, -0.2) is 47.6 Å². The van der Waals surface area contributed by atoms with Crippen molar-refractivity contribution in [2.75, 3.05) is 32.1 Å². The summed E-state index contributed by atoms with van der Waals surface area (Å²) in [5.74, 6) is -0.544. The molecule has 0 aliphatic carbocycles. The van der Waals surface area contributed by atoms with Crippen LogP contribution in [0.2, 0.25) is 10.0 Å². The molecule has 1 aliphatic rings. The molecular weight excluding hydrogens is 630 g/mol. The molecule has 3 aromatic heterocycles. The summed E-state index contributed by atoms with van der Waals surface area (Å²) < 4.78 is 22.2. The molecule has 5 rings (SSSR count). The lowest BCUT2D eigenvalue weighted by Gasteiger charge is -2.40. The lowest BCUT2D eigenvalue weighted by atomic mass is 9.73. The quantitative estimate of drug-likeness (QED) is 0.152. The van der Waals surface area contributed by atoms with Crippen LogP contribution in [0, 0.1) is 18.2 Å². The summed E-state index contributed by atoms with van der Waals surface area (Å²) in [5, 5.41) is 11.1. The van der Waals surface area contributed by atoms with E-state index in [0.29, 0.717) is 38.9 Å². The Balaban J connectivity index is 1.26. The van der Waals surface area contributed by atoms with Crippen molar-refractivity contribution in [2.24, 2.45) is 5.41 Å². The van der Waals surface area contributed by atoms with Crippen LogP contribution in [0.25, 0.3) is 0 Å². The normalized spacial score (nSPS) is 15.2. The number of ether oxygens (including phenoxy) is 1. The second kappa shape index (κ2) is 14.3. The average molecular weight is 662 g/mol. The predicted octanol–water partition coefficient (Wildman–Crippen LogP) is 7.46. The number of rotatable bonds is 11. The smallest absolute Gasteiger partial charge is 0.272 e. The van der Waals surface area contributed by atoms with E-state index < -0.39 is 11.7 Å². The molecule has 0 radical (unpaired) electrons. The van der Waals surface area contributed by atoms with Crippen LogP contribution in [-0.2, 0) is 4.74 Å². The highest BCUT2D eigenvalue weighted by molar-refractivity contribution is 8.01. The summed E-state index contributed by atoms with van der Waals surface area (Å²) in [6, 6.07) is 10.9. The minimum atomic E-state index is -0.668. The maximum absolute atomic E-state index is 15.6. The zero-order valence-corrected chi connectivity index (χ0v) is 26.8. The van der Waals surface area contributed by atoms with Gasteiger partial charge in [-0.25, -0.2) is 19.3 Å². The van der Waals surface area contributed by atoms with E-state index in [1.165, 1.54) is 29.3 Å². The van der Waals surface area contributed by atoms with E-state index in [1.807, 2.05) is 31.2 Å². The Bertz CT molecular complexity index is 1580. The van der Waals surface area contributed by atoms with Gasteiger partial charge >= 0.3 is 0 Å². The third-order valence-corrected chi connectivity index (χ3v) is 10.2. The number of hydrogen-bond donors (Lipinski definition) is 3. The summed E-state index contributed by atoms with van der Waals surface area (Å²) in [4.78, 5) is 26.3. The second-order valence-electron chi connectivity index (χ2n) is 10.4. The van der Waals surface area contributed by atoms with Crippen molar-refractivity contribution < 1.29 is 13.9 Å². The standard InChI is InChI=1S/C30H31Cl2FN6O2S2/c1-18-5-9-35-24(13-18)39-29-37-16-25(43-29)42-23-6-10-36-27(26(23)33)28(40)38-17-30(7-11-34-12-8-30)15-22(41-2)19-3-4-20(31)21(32)14-19/h3-6,9-10,13-14,16,22,34H,7-8,11-12,15,17H2,1-2H3,(H,38,40)(H,35,37,39). The molecule has 3 N–H and O–H groups in total. The molecule has 1 atom stereocenters. The van der Waals surface area contributed by atoms with Crippen LogP contribution >= 0.6 is 46.3 Å². The molecule has 1 aromatic carbocycles. The summed E-state index contributed by atoms with van der Waals surface area (Å²) in [5.41, 5.74) is 1.47. The van der Waals surface area contributed by atoms with Crippen LogP contribution in [0.15, 0.2) is 64.1 Å². The fourth-order valence-electron chi connectivity index (χ4n) is 5.05. The molecule has 8 nitrogen and oxygen atoms in total. The third kappa shape index (κ3) is 8.03. The fraction of sp³-hybridized carbons (Fsp3) is 0.333. The molecule has 226 valence electrons. The lowest BCUT2D eigenvalue weighted by molar-refractivity contribution is 0.0353. The zero-order chi connectivity index (χ0) is 30.4. The molecule has 0 saturated carbocycles. The molecule has 0 bridgehead atoms. The minimum absolute atomic E-state index is 0.242. The molecule has 1 fully saturated rings. The Kier molecular flexibility index (Phi) is 10.5. The van der Waals surface area contributed by atoms with E-state index >= 15 is 4.39 Å². The summed E-state index contributed by atoms with van der Waals surface area (Å²) >= 11 is 15.0. The van der Waals surface area contributed by atoms with Crippen molar-refractivity contribution in [3.05, 3.63) is 87.7 Å². The fourth-order valence-corrected chi connectivity index (χ4v) is 7.23. The number of piperidine rings is 1. The van der Waals surface area contributed by atoms with E-state index in [2.05, 4.69) is 30.9 Å². The zero-order valence-electron chi connectivity index (χ0n) is 23.6. The van der Waals surface area contributed by atoms with Crippen LogP contribution < -0.4 is 16.0 Å². The predicted molar refractivity (Wildman–Crippen MR) is 170 cm³/mol. The number of aryl methyl sites for hydroxylation is 1. The van der Waals surface area contributed by atoms with Gasteiger partial charge in [0.15, 0.2) is 16.6 Å². The van der Waals surface area contributed by atoms with E-state index in [1.54, 1.807) is 31.6 Å². The molecule has 1 saturated heterocycles. The first kappa shape index (κ1) is 31.6. The second-order valence-corrected chi connectivity index (χ2v) is 13.6. The van der Waals surface area contributed by atoms with E-state index in [0.717, 1.165) is 41.3 Å². The topological polar surface area (TPSA) is 101 Å². The lowest BCUT2D eigenvalue weighted by Crippen LogP contribution is -2.45. The van der Waals surface area contributed by atoms with E-state index in [4.69, 9.17) is 27.9 Å². The van der Waals surface area contributed by atoms with Gasteiger partial charge in [-0.1, -0.05) is 52.4 Å². The van der Waals surface area contributed by atoms with Gasteiger partial charge in [0.25, 0.3) is 5.91 Å². The number of methoxy groups -OCH3 is 1. The van der Waals surface area contributed by atoms with Crippen molar-refractivity contribution in [2.45, 2.75) is 41.4 Å². The van der Waals surface area contributed by atoms with Gasteiger partial charge < -0.3 is 20.7 Å². The average Bonchev–Trinajstić information content (AvgIpc) is 3.44. The first-order chi connectivity index (χ1) is 20.7. The highest BCUT2D eigenvalue weighted by Crippen LogP contribution is 2.41. The first-order valence-electron chi connectivity index (χ1n) is 13.7. The highest BCUT2D eigenvalue weighted by Gasteiger charge is 2.36. The Morgan fingerprint density at radius 3 is 2.67 bits per heavy atom. The van der Waals surface area contributed by atoms with Gasteiger partial charge in [0.2, 0.25) is 0 Å². The Morgan fingerprint density at radius 2 is 1.93 bits per heavy atom. The van der Waals surface area contributed by atoms with Gasteiger partial charge in [-0.2, -0.15) is 0 Å². The van der Waals surface area contributed by atoms with Crippen molar-refractivity contribution in [3.8, 4) is 0 Å². The number of thiazole rings is 1. The number of hydrogen-bond acceptors (Lipinski definition) is 9. The number of halogens is 3. The summed E-state index contributed by atoms with van der Waals surface area (Å²) in [6.07, 6.45) is 6.87. The van der Waals surface area contributed by atoms with Gasteiger partial charge in [0.05, 0.1) is 31.5 Å². The van der Waals surface area contributed by atoms with E-state index in [9.17, 15) is 4.79 Å². The number of amides is 1.